The fraction of sp³-hybridized carbons (Fsp3) is 0.250. The summed E-state index contributed by atoms with van der Waals surface area (Å²) >= 11 is 1.34. The predicted octanol–water partition coefficient (Wildman–Crippen LogP) is 2.54. The largest absolute Gasteiger partial charge is 0.441 e. The third-order valence-electron chi connectivity index (χ3n) is 3.37. The second kappa shape index (κ2) is 6.95. The molecule has 132 valence electrons. The third kappa shape index (κ3) is 4.65. The lowest BCUT2D eigenvalue weighted by Crippen LogP contribution is -2.24. The maximum absolute atomic E-state index is 12.3. The van der Waals surface area contributed by atoms with Gasteiger partial charge in [0.05, 0.1) is 11.1 Å². The molecule has 0 unspecified atom stereocenters. The van der Waals surface area contributed by atoms with Crippen molar-refractivity contribution in [3.05, 3.63) is 46.0 Å². The van der Waals surface area contributed by atoms with Gasteiger partial charge in [-0.25, -0.2) is 18.1 Å². The van der Waals surface area contributed by atoms with E-state index in [9.17, 15) is 13.2 Å². The number of nitrogens with one attached hydrogen (secondary N) is 2. The average Bonchev–Trinajstić information content (AvgIpc) is 3.11. The number of rotatable bonds is 6. The molecule has 3 rings (SSSR count). The zero-order chi connectivity index (χ0) is 18.0. The molecule has 7 nitrogen and oxygen atoms in total. The van der Waals surface area contributed by atoms with E-state index in [0.29, 0.717) is 40.5 Å². The highest BCUT2D eigenvalue weighted by molar-refractivity contribution is 7.88. The normalized spacial score (nSPS) is 11.8. The van der Waals surface area contributed by atoms with Crippen LogP contribution < -0.4 is 10.0 Å². The molecule has 2 N–H and O–H groups in total. The van der Waals surface area contributed by atoms with Crippen molar-refractivity contribution in [3.63, 3.8) is 0 Å². The Balaban J connectivity index is 1.64. The number of amides is 1. The molecule has 1 aromatic carbocycles. The topological polar surface area (TPSA) is 101 Å². The number of anilines is 1. The number of hydrogen-bond donors (Lipinski definition) is 2. The molecule has 0 aliphatic carbocycles. The van der Waals surface area contributed by atoms with Gasteiger partial charge in [-0.2, -0.15) is 0 Å². The SMILES string of the molecule is Cc1nc2cc(NC(=O)c3ccc(CCNS(C)(=O)=O)s3)ccc2o1. The molecule has 25 heavy (non-hydrogen) atoms. The van der Waals surface area contributed by atoms with Crippen molar-refractivity contribution < 1.29 is 17.6 Å². The molecule has 0 saturated heterocycles. The van der Waals surface area contributed by atoms with E-state index in [4.69, 9.17) is 4.42 Å². The van der Waals surface area contributed by atoms with Gasteiger partial charge in [0.2, 0.25) is 10.0 Å². The van der Waals surface area contributed by atoms with E-state index in [1.807, 2.05) is 6.07 Å². The van der Waals surface area contributed by atoms with Gasteiger partial charge < -0.3 is 9.73 Å². The van der Waals surface area contributed by atoms with E-state index in [-0.39, 0.29) is 5.91 Å². The maximum atomic E-state index is 12.3. The van der Waals surface area contributed by atoms with Crippen LogP contribution in [0, 0.1) is 6.92 Å². The Hall–Kier alpha value is -2.23. The van der Waals surface area contributed by atoms with Gasteiger partial charge in [-0.1, -0.05) is 0 Å². The molecule has 0 atom stereocenters. The summed E-state index contributed by atoms with van der Waals surface area (Å²) in [5, 5.41) is 2.83. The quantitative estimate of drug-likeness (QED) is 0.685. The van der Waals surface area contributed by atoms with Gasteiger partial charge in [-0.3, -0.25) is 4.79 Å². The van der Waals surface area contributed by atoms with Gasteiger partial charge in [-0.15, -0.1) is 11.3 Å². The van der Waals surface area contributed by atoms with Gasteiger partial charge in [0.15, 0.2) is 11.5 Å². The number of hydrogen-bond acceptors (Lipinski definition) is 6. The molecule has 0 aliphatic heterocycles. The molecule has 0 bridgehead atoms. The van der Waals surface area contributed by atoms with E-state index in [0.717, 1.165) is 11.1 Å². The van der Waals surface area contributed by atoms with Gasteiger partial charge in [-0.05, 0) is 36.8 Å². The summed E-state index contributed by atoms with van der Waals surface area (Å²) in [6, 6.07) is 8.84. The first-order valence-electron chi connectivity index (χ1n) is 7.52. The summed E-state index contributed by atoms with van der Waals surface area (Å²) in [5.74, 6) is 0.357. The molecular weight excluding hydrogens is 362 g/mol. The third-order valence-corrected chi connectivity index (χ3v) is 5.25. The van der Waals surface area contributed by atoms with Crippen molar-refractivity contribution in [1.29, 1.82) is 0 Å². The Morgan fingerprint density at radius 1 is 1.28 bits per heavy atom. The second-order valence-electron chi connectivity index (χ2n) is 5.55. The van der Waals surface area contributed by atoms with Gasteiger partial charge in [0.1, 0.15) is 5.52 Å². The van der Waals surface area contributed by atoms with Crippen molar-refractivity contribution >= 4 is 44.1 Å². The van der Waals surface area contributed by atoms with Crippen LogP contribution in [0.25, 0.3) is 11.1 Å². The number of carbonyl (C=O) groups excluding carboxylic acids is 1. The molecule has 2 aromatic heterocycles. The summed E-state index contributed by atoms with van der Waals surface area (Å²) in [4.78, 5) is 18.1. The monoisotopic (exact) mass is 379 g/mol. The van der Waals surface area contributed by atoms with Crippen LogP contribution in [0.1, 0.15) is 20.4 Å². The predicted molar refractivity (Wildman–Crippen MR) is 97.6 cm³/mol. The minimum absolute atomic E-state index is 0.216. The Bertz CT molecular complexity index is 1020. The highest BCUT2D eigenvalue weighted by Gasteiger charge is 2.11. The van der Waals surface area contributed by atoms with Gasteiger partial charge >= 0.3 is 0 Å². The van der Waals surface area contributed by atoms with Crippen LogP contribution in [0.5, 0.6) is 0 Å². The minimum Gasteiger partial charge on any atom is -0.441 e. The lowest BCUT2D eigenvalue weighted by atomic mass is 10.3. The van der Waals surface area contributed by atoms with Crippen molar-refractivity contribution in [1.82, 2.24) is 9.71 Å². The number of thiophene rings is 1. The fourth-order valence-electron chi connectivity index (χ4n) is 2.31. The maximum Gasteiger partial charge on any atom is 0.265 e. The number of fused-ring (bicyclic) bond motifs is 1. The van der Waals surface area contributed by atoms with Crippen molar-refractivity contribution in [2.75, 3.05) is 18.1 Å². The van der Waals surface area contributed by atoms with E-state index in [2.05, 4.69) is 15.0 Å². The molecule has 0 aliphatic rings. The molecule has 9 heteroatoms. The van der Waals surface area contributed by atoms with Crippen molar-refractivity contribution in [2.24, 2.45) is 0 Å². The highest BCUT2D eigenvalue weighted by atomic mass is 32.2. The highest BCUT2D eigenvalue weighted by Crippen LogP contribution is 2.22. The molecular formula is C16H17N3O4S2. The van der Waals surface area contributed by atoms with E-state index >= 15 is 0 Å². The summed E-state index contributed by atoms with van der Waals surface area (Å²) in [7, 11) is -3.20. The van der Waals surface area contributed by atoms with Crippen molar-refractivity contribution in [2.45, 2.75) is 13.3 Å². The van der Waals surface area contributed by atoms with E-state index < -0.39 is 10.0 Å². The van der Waals surface area contributed by atoms with Crippen LogP contribution in [0.15, 0.2) is 34.7 Å². The first-order chi connectivity index (χ1) is 11.8. The summed E-state index contributed by atoms with van der Waals surface area (Å²) in [6.07, 6.45) is 1.66. The first kappa shape index (κ1) is 17.6. The lowest BCUT2D eigenvalue weighted by Gasteiger charge is -2.03. The number of oxazole rings is 1. The Kier molecular flexibility index (Phi) is 4.89. The molecule has 3 aromatic rings. The van der Waals surface area contributed by atoms with Crippen LogP contribution in [-0.4, -0.2) is 32.1 Å². The van der Waals surface area contributed by atoms with Crippen LogP contribution in [0.4, 0.5) is 5.69 Å². The number of carbonyl (C=O) groups is 1. The molecule has 1 amide bonds. The van der Waals surface area contributed by atoms with Crippen molar-refractivity contribution in [3.8, 4) is 0 Å². The number of aryl methyl sites for hydroxylation is 1. The van der Waals surface area contributed by atoms with Crippen LogP contribution in [0.2, 0.25) is 0 Å². The van der Waals surface area contributed by atoms with Crippen LogP contribution in [0.3, 0.4) is 0 Å². The molecule has 0 saturated carbocycles. The van der Waals surface area contributed by atoms with Crippen LogP contribution in [-0.2, 0) is 16.4 Å². The van der Waals surface area contributed by atoms with Crippen LogP contribution >= 0.6 is 11.3 Å². The zero-order valence-corrected chi connectivity index (χ0v) is 15.3. The summed E-state index contributed by atoms with van der Waals surface area (Å²) in [5.41, 5.74) is 2.00. The molecule has 2 heterocycles. The van der Waals surface area contributed by atoms with Gasteiger partial charge in [0, 0.05) is 24.0 Å². The smallest absolute Gasteiger partial charge is 0.265 e. The standard InChI is InChI=1S/C16H17N3O4S2/c1-10-18-13-9-11(3-5-14(13)23-10)19-16(20)15-6-4-12(24-15)7-8-17-25(2,21)22/h3-6,9,17H,7-8H2,1-2H3,(H,19,20). The van der Waals surface area contributed by atoms with E-state index in [1.165, 1.54) is 11.3 Å². The fourth-order valence-corrected chi connectivity index (χ4v) is 3.68. The minimum atomic E-state index is -3.20. The second-order valence-corrected chi connectivity index (χ2v) is 8.55. The molecule has 0 radical (unpaired) electrons. The number of sulfonamides is 1. The number of nitrogens with zero attached hydrogens (tertiary/aromatic N) is 1. The Morgan fingerprint density at radius 3 is 2.84 bits per heavy atom. The average molecular weight is 379 g/mol. The molecule has 0 fully saturated rings. The van der Waals surface area contributed by atoms with E-state index in [1.54, 1.807) is 31.2 Å². The summed E-state index contributed by atoms with van der Waals surface area (Å²) < 4.78 is 29.9. The van der Waals surface area contributed by atoms with Gasteiger partial charge in [0.25, 0.3) is 5.91 Å². The Morgan fingerprint density at radius 2 is 2.08 bits per heavy atom. The first-order valence-corrected chi connectivity index (χ1v) is 10.2. The zero-order valence-electron chi connectivity index (χ0n) is 13.7. The summed E-state index contributed by atoms with van der Waals surface area (Å²) in [6.45, 7) is 2.08. The Labute approximate surface area is 149 Å². The number of benzene rings is 1. The number of aromatic nitrogens is 1. The lowest BCUT2D eigenvalue weighted by molar-refractivity contribution is 0.103. The molecule has 0 spiro atoms.